The normalized spacial score (nSPS) is 16.9. The number of rotatable bonds is 4. The Morgan fingerprint density at radius 2 is 2.20 bits per heavy atom. The van der Waals surface area contributed by atoms with Crippen molar-refractivity contribution in [3.63, 3.8) is 0 Å². The zero-order valence-corrected chi connectivity index (χ0v) is 11.5. The fraction of sp³-hybridized carbons (Fsp3) is 0.500. The number of amides is 1. The molecule has 0 bridgehead atoms. The van der Waals surface area contributed by atoms with Gasteiger partial charge in [-0.1, -0.05) is 0 Å². The molecule has 3 N–H and O–H groups in total. The molecule has 1 aliphatic rings. The van der Waals surface area contributed by atoms with Gasteiger partial charge >= 0.3 is 0 Å². The highest BCUT2D eigenvalue weighted by atomic mass is 19.1. The number of aliphatic hydroxyl groups excluding tert-OH is 1. The summed E-state index contributed by atoms with van der Waals surface area (Å²) in [6.07, 6.45) is -0.621. The van der Waals surface area contributed by atoms with Crippen LogP contribution in [0.4, 0.5) is 10.1 Å². The van der Waals surface area contributed by atoms with E-state index in [4.69, 9.17) is 5.11 Å². The summed E-state index contributed by atoms with van der Waals surface area (Å²) >= 11 is 0. The fourth-order valence-corrected chi connectivity index (χ4v) is 2.15. The van der Waals surface area contributed by atoms with Gasteiger partial charge in [0.25, 0.3) is 5.91 Å². The summed E-state index contributed by atoms with van der Waals surface area (Å²) in [5.74, 6) is -0.770. The SMILES string of the molecule is C[C@H](O)CNC(=O)c1ccc(N2CCNCC2)c(F)c1. The van der Waals surface area contributed by atoms with Crippen LogP contribution < -0.4 is 15.5 Å². The highest BCUT2D eigenvalue weighted by Gasteiger charge is 2.16. The molecule has 1 amide bonds. The Labute approximate surface area is 117 Å². The van der Waals surface area contributed by atoms with Gasteiger partial charge in [-0.3, -0.25) is 4.79 Å². The van der Waals surface area contributed by atoms with Crippen molar-refractivity contribution < 1.29 is 14.3 Å². The van der Waals surface area contributed by atoms with Crippen molar-refractivity contribution in [1.29, 1.82) is 0 Å². The van der Waals surface area contributed by atoms with Crippen LogP contribution in [-0.4, -0.2) is 49.8 Å². The van der Waals surface area contributed by atoms with Crippen molar-refractivity contribution in [2.24, 2.45) is 0 Å². The van der Waals surface area contributed by atoms with E-state index in [1.165, 1.54) is 6.07 Å². The summed E-state index contributed by atoms with van der Waals surface area (Å²) in [4.78, 5) is 13.7. The lowest BCUT2D eigenvalue weighted by Gasteiger charge is -2.29. The third-order valence-electron chi connectivity index (χ3n) is 3.23. The molecule has 2 rings (SSSR count). The first-order chi connectivity index (χ1) is 9.58. The minimum Gasteiger partial charge on any atom is -0.392 e. The summed E-state index contributed by atoms with van der Waals surface area (Å²) < 4.78 is 14.1. The minimum absolute atomic E-state index is 0.153. The largest absolute Gasteiger partial charge is 0.392 e. The number of aliphatic hydroxyl groups is 1. The van der Waals surface area contributed by atoms with Gasteiger partial charge in [-0.15, -0.1) is 0 Å². The molecule has 1 aliphatic heterocycles. The number of benzene rings is 1. The van der Waals surface area contributed by atoms with E-state index >= 15 is 0 Å². The second kappa shape index (κ2) is 6.67. The van der Waals surface area contributed by atoms with Crippen LogP contribution in [0.25, 0.3) is 0 Å². The Hall–Kier alpha value is -1.66. The highest BCUT2D eigenvalue weighted by Crippen LogP contribution is 2.21. The average Bonchev–Trinajstić information content (AvgIpc) is 2.45. The number of hydrogen-bond donors (Lipinski definition) is 3. The van der Waals surface area contributed by atoms with Crippen molar-refractivity contribution in [3.8, 4) is 0 Å². The minimum atomic E-state index is -0.621. The zero-order valence-electron chi connectivity index (χ0n) is 11.5. The van der Waals surface area contributed by atoms with Gasteiger partial charge in [0.2, 0.25) is 0 Å². The Kier molecular flexibility index (Phi) is 4.92. The second-order valence-corrected chi connectivity index (χ2v) is 4.96. The number of nitrogens with one attached hydrogen (secondary N) is 2. The van der Waals surface area contributed by atoms with Crippen LogP contribution >= 0.6 is 0 Å². The van der Waals surface area contributed by atoms with Gasteiger partial charge in [0, 0.05) is 38.3 Å². The van der Waals surface area contributed by atoms with E-state index in [-0.39, 0.29) is 18.0 Å². The van der Waals surface area contributed by atoms with Crippen LogP contribution in [0.2, 0.25) is 0 Å². The lowest BCUT2D eigenvalue weighted by atomic mass is 10.1. The third-order valence-corrected chi connectivity index (χ3v) is 3.23. The molecule has 6 heteroatoms. The molecule has 0 aromatic heterocycles. The van der Waals surface area contributed by atoms with E-state index in [1.807, 2.05) is 4.90 Å². The zero-order chi connectivity index (χ0) is 14.5. The van der Waals surface area contributed by atoms with Crippen molar-refractivity contribution in [2.75, 3.05) is 37.6 Å². The maximum Gasteiger partial charge on any atom is 0.251 e. The number of halogens is 1. The van der Waals surface area contributed by atoms with Crippen LogP contribution in [0.3, 0.4) is 0 Å². The number of carbonyl (C=O) groups excluding carboxylic acids is 1. The van der Waals surface area contributed by atoms with Crippen LogP contribution in [0.15, 0.2) is 18.2 Å². The van der Waals surface area contributed by atoms with E-state index in [0.29, 0.717) is 5.69 Å². The van der Waals surface area contributed by atoms with Gasteiger partial charge in [-0.05, 0) is 25.1 Å². The number of piperazine rings is 1. The molecule has 1 aromatic rings. The summed E-state index contributed by atoms with van der Waals surface area (Å²) in [7, 11) is 0. The van der Waals surface area contributed by atoms with Gasteiger partial charge in [-0.2, -0.15) is 0 Å². The Morgan fingerprint density at radius 1 is 1.50 bits per heavy atom. The smallest absolute Gasteiger partial charge is 0.251 e. The quantitative estimate of drug-likeness (QED) is 0.745. The molecule has 0 unspecified atom stereocenters. The molecule has 0 radical (unpaired) electrons. The summed E-state index contributed by atoms with van der Waals surface area (Å²) in [5.41, 5.74) is 0.792. The van der Waals surface area contributed by atoms with E-state index in [2.05, 4.69) is 10.6 Å². The van der Waals surface area contributed by atoms with Crippen molar-refractivity contribution in [2.45, 2.75) is 13.0 Å². The fourth-order valence-electron chi connectivity index (χ4n) is 2.15. The van der Waals surface area contributed by atoms with Crippen LogP contribution in [-0.2, 0) is 0 Å². The van der Waals surface area contributed by atoms with E-state index in [1.54, 1.807) is 19.1 Å². The van der Waals surface area contributed by atoms with E-state index < -0.39 is 11.9 Å². The number of anilines is 1. The van der Waals surface area contributed by atoms with Gasteiger partial charge in [-0.25, -0.2) is 4.39 Å². The molecule has 1 aromatic carbocycles. The maximum absolute atomic E-state index is 14.1. The van der Waals surface area contributed by atoms with Crippen molar-refractivity contribution >= 4 is 11.6 Å². The molecular weight excluding hydrogens is 261 g/mol. The van der Waals surface area contributed by atoms with Crippen molar-refractivity contribution in [1.82, 2.24) is 10.6 Å². The first kappa shape index (κ1) is 14.7. The van der Waals surface area contributed by atoms with Crippen LogP contribution in [0.1, 0.15) is 17.3 Å². The predicted octanol–water partition coefficient (Wildman–Crippen LogP) is 0.346. The van der Waals surface area contributed by atoms with E-state index in [0.717, 1.165) is 26.2 Å². The Morgan fingerprint density at radius 3 is 2.80 bits per heavy atom. The molecule has 1 heterocycles. The van der Waals surface area contributed by atoms with Crippen molar-refractivity contribution in [3.05, 3.63) is 29.6 Å². The molecule has 5 nitrogen and oxygen atoms in total. The molecule has 110 valence electrons. The van der Waals surface area contributed by atoms with Gasteiger partial charge < -0.3 is 20.6 Å². The number of hydrogen-bond acceptors (Lipinski definition) is 4. The lowest BCUT2D eigenvalue weighted by Crippen LogP contribution is -2.43. The number of nitrogens with zero attached hydrogens (tertiary/aromatic N) is 1. The molecule has 1 atom stereocenters. The number of carbonyl (C=O) groups is 1. The average molecular weight is 281 g/mol. The van der Waals surface area contributed by atoms with Crippen LogP contribution in [0.5, 0.6) is 0 Å². The molecule has 1 saturated heterocycles. The molecule has 0 saturated carbocycles. The summed E-state index contributed by atoms with van der Waals surface area (Å²) in [6, 6.07) is 4.49. The van der Waals surface area contributed by atoms with Gasteiger partial charge in [0.15, 0.2) is 0 Å². The third kappa shape index (κ3) is 3.68. The summed E-state index contributed by atoms with van der Waals surface area (Å²) in [5, 5.41) is 14.9. The van der Waals surface area contributed by atoms with Gasteiger partial charge in [0.1, 0.15) is 5.82 Å². The molecule has 20 heavy (non-hydrogen) atoms. The molecule has 0 spiro atoms. The standard InChI is InChI=1S/C14H20FN3O2/c1-10(19)9-17-14(20)11-2-3-13(12(15)8-11)18-6-4-16-5-7-18/h2-3,8,10,16,19H,4-7,9H2,1H3,(H,17,20)/t10-/m0/s1. The van der Waals surface area contributed by atoms with Gasteiger partial charge in [0.05, 0.1) is 11.8 Å². The first-order valence-corrected chi connectivity index (χ1v) is 6.79. The monoisotopic (exact) mass is 281 g/mol. The highest BCUT2D eigenvalue weighted by molar-refractivity contribution is 5.94. The topological polar surface area (TPSA) is 64.6 Å². The molecule has 0 aliphatic carbocycles. The molecule has 1 fully saturated rings. The second-order valence-electron chi connectivity index (χ2n) is 4.96. The maximum atomic E-state index is 14.1. The van der Waals surface area contributed by atoms with E-state index in [9.17, 15) is 9.18 Å². The molecular formula is C14H20FN3O2. The summed E-state index contributed by atoms with van der Waals surface area (Å²) in [6.45, 7) is 4.90. The van der Waals surface area contributed by atoms with Crippen LogP contribution in [0, 0.1) is 5.82 Å². The lowest BCUT2D eigenvalue weighted by molar-refractivity contribution is 0.0923. The Balaban J connectivity index is 2.06. The predicted molar refractivity (Wildman–Crippen MR) is 75.5 cm³/mol. The first-order valence-electron chi connectivity index (χ1n) is 6.79. The Bertz CT molecular complexity index is 473.